The Morgan fingerprint density at radius 2 is 1.89 bits per heavy atom. The summed E-state index contributed by atoms with van der Waals surface area (Å²) in [7, 11) is -3.35. The molecule has 0 aromatic heterocycles. The van der Waals surface area contributed by atoms with Gasteiger partial charge in [-0.05, 0) is 60.1 Å². The summed E-state index contributed by atoms with van der Waals surface area (Å²) < 4.78 is 28.3. The van der Waals surface area contributed by atoms with Crippen molar-refractivity contribution in [3.05, 3.63) is 27.3 Å². The topological polar surface area (TPSA) is 46.2 Å². The average molecular weight is 379 g/mol. The maximum absolute atomic E-state index is 12.2. The number of aryl methyl sites for hydroxylation is 1. The minimum absolute atomic E-state index is 0.114. The van der Waals surface area contributed by atoms with E-state index in [0.29, 0.717) is 4.90 Å². The predicted molar refractivity (Wildman–Crippen MR) is 81.1 cm³/mol. The standard InChI is InChI=1S/C13H18INO2S/c1-10-7-8-12(9-13(10)14)18(16,17)15-11-5-3-2-4-6-11/h7-9,11,15H,2-6H2,1H3. The van der Waals surface area contributed by atoms with E-state index >= 15 is 0 Å². The molecule has 0 bridgehead atoms. The van der Waals surface area contributed by atoms with Crippen LogP contribution >= 0.6 is 22.6 Å². The molecule has 0 unspecified atom stereocenters. The lowest BCUT2D eigenvalue weighted by molar-refractivity contribution is 0.412. The van der Waals surface area contributed by atoms with Crippen LogP contribution in [0.5, 0.6) is 0 Å². The Labute approximate surface area is 123 Å². The molecule has 0 radical (unpaired) electrons. The third kappa shape index (κ3) is 3.45. The minimum atomic E-state index is -3.35. The second-order valence-electron chi connectivity index (χ2n) is 4.87. The molecule has 0 amide bonds. The van der Waals surface area contributed by atoms with Crippen LogP contribution in [0.1, 0.15) is 37.7 Å². The van der Waals surface area contributed by atoms with Gasteiger partial charge in [-0.15, -0.1) is 0 Å². The largest absolute Gasteiger partial charge is 0.240 e. The summed E-state index contributed by atoms with van der Waals surface area (Å²) in [5.74, 6) is 0. The number of halogens is 1. The van der Waals surface area contributed by atoms with Crippen LogP contribution in [0.3, 0.4) is 0 Å². The summed E-state index contributed by atoms with van der Waals surface area (Å²) in [6.45, 7) is 1.98. The Hall–Kier alpha value is -0.140. The molecule has 1 aromatic rings. The number of nitrogens with one attached hydrogen (secondary N) is 1. The van der Waals surface area contributed by atoms with Crippen molar-refractivity contribution < 1.29 is 8.42 Å². The fourth-order valence-corrected chi connectivity index (χ4v) is 4.31. The molecule has 1 saturated carbocycles. The van der Waals surface area contributed by atoms with Gasteiger partial charge < -0.3 is 0 Å². The van der Waals surface area contributed by atoms with Crippen LogP contribution in [0.4, 0.5) is 0 Å². The molecule has 1 aliphatic carbocycles. The van der Waals surface area contributed by atoms with E-state index < -0.39 is 10.0 Å². The highest BCUT2D eigenvalue weighted by molar-refractivity contribution is 14.1. The van der Waals surface area contributed by atoms with Crippen molar-refractivity contribution in [3.8, 4) is 0 Å². The molecule has 1 fully saturated rings. The fraction of sp³-hybridized carbons (Fsp3) is 0.538. The fourth-order valence-electron chi connectivity index (χ4n) is 2.25. The van der Waals surface area contributed by atoms with Crippen molar-refractivity contribution in [2.24, 2.45) is 0 Å². The highest BCUT2D eigenvalue weighted by atomic mass is 127. The lowest BCUT2D eigenvalue weighted by atomic mass is 9.96. The maximum Gasteiger partial charge on any atom is 0.240 e. The number of rotatable bonds is 3. The van der Waals surface area contributed by atoms with E-state index in [2.05, 4.69) is 27.3 Å². The molecule has 0 aliphatic heterocycles. The van der Waals surface area contributed by atoms with Gasteiger partial charge >= 0.3 is 0 Å². The third-order valence-electron chi connectivity index (χ3n) is 3.38. The van der Waals surface area contributed by atoms with Gasteiger partial charge in [-0.2, -0.15) is 0 Å². The van der Waals surface area contributed by atoms with Gasteiger partial charge in [0.15, 0.2) is 0 Å². The van der Waals surface area contributed by atoms with Crippen molar-refractivity contribution >= 4 is 32.6 Å². The lowest BCUT2D eigenvalue weighted by Gasteiger charge is -2.22. The van der Waals surface area contributed by atoms with Gasteiger partial charge in [-0.1, -0.05) is 25.3 Å². The molecule has 0 saturated heterocycles. The first-order valence-corrected chi connectivity index (χ1v) is 8.84. The molecule has 2 rings (SSSR count). The summed E-state index contributed by atoms with van der Waals surface area (Å²) in [4.78, 5) is 0.378. The molecule has 0 atom stereocenters. The zero-order valence-corrected chi connectivity index (χ0v) is 13.4. The van der Waals surface area contributed by atoms with Gasteiger partial charge in [-0.25, -0.2) is 13.1 Å². The van der Waals surface area contributed by atoms with Gasteiger partial charge in [-0.3, -0.25) is 0 Å². The predicted octanol–water partition coefficient (Wildman–Crippen LogP) is 3.21. The monoisotopic (exact) mass is 379 g/mol. The molecular weight excluding hydrogens is 361 g/mol. The first kappa shape index (κ1) is 14.3. The van der Waals surface area contributed by atoms with Crippen LogP contribution in [-0.4, -0.2) is 14.5 Å². The SMILES string of the molecule is Cc1ccc(S(=O)(=O)NC2CCCCC2)cc1I. The Bertz CT molecular complexity index is 522. The first-order valence-electron chi connectivity index (χ1n) is 6.27. The Balaban J connectivity index is 2.16. The average Bonchev–Trinajstić information content (AvgIpc) is 2.33. The van der Waals surface area contributed by atoms with Gasteiger partial charge in [0.1, 0.15) is 0 Å². The minimum Gasteiger partial charge on any atom is -0.208 e. The zero-order valence-electron chi connectivity index (χ0n) is 10.4. The van der Waals surface area contributed by atoms with Crippen molar-refractivity contribution in [2.45, 2.75) is 50.0 Å². The normalized spacial score (nSPS) is 17.9. The van der Waals surface area contributed by atoms with E-state index in [0.717, 1.165) is 34.8 Å². The Morgan fingerprint density at radius 3 is 2.50 bits per heavy atom. The van der Waals surface area contributed by atoms with Crippen LogP contribution in [0, 0.1) is 10.5 Å². The van der Waals surface area contributed by atoms with Crippen molar-refractivity contribution in [1.82, 2.24) is 4.72 Å². The summed E-state index contributed by atoms with van der Waals surface area (Å²) in [5, 5.41) is 0. The summed E-state index contributed by atoms with van der Waals surface area (Å²) in [5.41, 5.74) is 1.10. The molecule has 18 heavy (non-hydrogen) atoms. The Morgan fingerprint density at radius 1 is 1.22 bits per heavy atom. The molecular formula is C13H18INO2S. The van der Waals surface area contributed by atoms with Gasteiger partial charge in [0.25, 0.3) is 0 Å². The molecule has 1 aromatic carbocycles. The highest BCUT2D eigenvalue weighted by Crippen LogP contribution is 2.21. The van der Waals surface area contributed by atoms with Crippen LogP contribution in [0.25, 0.3) is 0 Å². The molecule has 5 heteroatoms. The van der Waals surface area contributed by atoms with Crippen LogP contribution in [0.15, 0.2) is 23.1 Å². The molecule has 100 valence electrons. The molecule has 0 heterocycles. The van der Waals surface area contributed by atoms with E-state index in [-0.39, 0.29) is 6.04 Å². The lowest BCUT2D eigenvalue weighted by Crippen LogP contribution is -2.36. The summed E-state index contributed by atoms with van der Waals surface area (Å²) >= 11 is 2.17. The quantitative estimate of drug-likeness (QED) is 0.820. The number of benzene rings is 1. The zero-order chi connectivity index (χ0) is 13.2. The van der Waals surface area contributed by atoms with E-state index in [9.17, 15) is 8.42 Å². The van der Waals surface area contributed by atoms with E-state index in [4.69, 9.17) is 0 Å². The molecule has 1 aliphatic rings. The van der Waals surface area contributed by atoms with Gasteiger partial charge in [0.2, 0.25) is 10.0 Å². The highest BCUT2D eigenvalue weighted by Gasteiger charge is 2.22. The van der Waals surface area contributed by atoms with Crippen LogP contribution in [-0.2, 0) is 10.0 Å². The molecule has 3 nitrogen and oxygen atoms in total. The summed E-state index contributed by atoms with van der Waals surface area (Å²) in [6.07, 6.45) is 5.39. The van der Waals surface area contributed by atoms with E-state index in [1.54, 1.807) is 12.1 Å². The van der Waals surface area contributed by atoms with E-state index in [1.807, 2.05) is 13.0 Å². The van der Waals surface area contributed by atoms with Crippen molar-refractivity contribution in [2.75, 3.05) is 0 Å². The molecule has 1 N–H and O–H groups in total. The van der Waals surface area contributed by atoms with Crippen LogP contribution < -0.4 is 4.72 Å². The second-order valence-corrected chi connectivity index (χ2v) is 7.74. The van der Waals surface area contributed by atoms with Crippen LogP contribution in [0.2, 0.25) is 0 Å². The van der Waals surface area contributed by atoms with Crippen molar-refractivity contribution in [3.63, 3.8) is 0 Å². The number of sulfonamides is 1. The summed E-state index contributed by atoms with van der Waals surface area (Å²) in [6, 6.07) is 5.39. The second kappa shape index (κ2) is 5.88. The third-order valence-corrected chi connectivity index (χ3v) is 6.06. The van der Waals surface area contributed by atoms with Crippen molar-refractivity contribution in [1.29, 1.82) is 0 Å². The first-order chi connectivity index (χ1) is 8.49. The Kier molecular flexibility index (Phi) is 4.66. The number of hydrogen-bond donors (Lipinski definition) is 1. The molecule has 0 spiro atoms. The smallest absolute Gasteiger partial charge is 0.208 e. The maximum atomic E-state index is 12.2. The van der Waals surface area contributed by atoms with Gasteiger partial charge in [0.05, 0.1) is 4.90 Å². The number of hydrogen-bond acceptors (Lipinski definition) is 2. The van der Waals surface area contributed by atoms with Gasteiger partial charge in [0, 0.05) is 9.61 Å². The van der Waals surface area contributed by atoms with E-state index in [1.165, 1.54) is 6.42 Å².